The lowest BCUT2D eigenvalue weighted by atomic mass is 10.2. The van der Waals surface area contributed by atoms with Crippen LogP contribution in [-0.4, -0.2) is 19.4 Å². The third kappa shape index (κ3) is 10.8. The average Bonchev–Trinajstić information content (AvgIpc) is 2.19. The Morgan fingerprint density at radius 3 is 1.62 bits per heavy atom. The summed E-state index contributed by atoms with van der Waals surface area (Å²) in [5.41, 5.74) is 0. The van der Waals surface area contributed by atoms with Crippen molar-refractivity contribution in [3.8, 4) is 0 Å². The summed E-state index contributed by atoms with van der Waals surface area (Å²) in [6.07, 6.45) is 6.96. The van der Waals surface area contributed by atoms with Crippen LogP contribution in [0.25, 0.3) is 0 Å². The van der Waals surface area contributed by atoms with E-state index in [1.54, 1.807) is 0 Å². The van der Waals surface area contributed by atoms with E-state index in [1.165, 1.54) is 0 Å². The highest BCUT2D eigenvalue weighted by Gasteiger charge is 1.99. The Hall–Kier alpha value is -1.25. The number of carbonyl (C=O) groups is 1. The number of allylic oxidation sites excluding steroid dienone is 2. The minimum absolute atomic E-state index is 0.269. The van der Waals surface area contributed by atoms with Gasteiger partial charge in [-0.2, -0.15) is 0 Å². The summed E-state index contributed by atoms with van der Waals surface area (Å²) in [5, 5.41) is 0. The molecular weight excluding hydrogens is 204 g/mol. The predicted octanol–water partition coefficient (Wildman–Crippen LogP) is 3.56. The van der Waals surface area contributed by atoms with Crippen molar-refractivity contribution >= 4 is 6.16 Å². The van der Waals surface area contributed by atoms with E-state index in [1.807, 2.05) is 24.3 Å². The Balaban J connectivity index is 3.52. The molecule has 0 rings (SSSR count). The van der Waals surface area contributed by atoms with Crippen LogP contribution < -0.4 is 0 Å². The molecule has 0 saturated carbocycles. The molecule has 0 aromatic carbocycles. The van der Waals surface area contributed by atoms with Crippen LogP contribution in [0.1, 0.15) is 27.7 Å². The van der Waals surface area contributed by atoms with Crippen molar-refractivity contribution in [1.29, 1.82) is 0 Å². The van der Waals surface area contributed by atoms with E-state index in [-0.39, 0.29) is 13.2 Å². The van der Waals surface area contributed by atoms with E-state index in [4.69, 9.17) is 9.47 Å². The Morgan fingerprint density at radius 1 is 0.938 bits per heavy atom. The Kier molecular flexibility index (Phi) is 8.31. The number of rotatable bonds is 6. The molecular formula is C13H22O3. The minimum Gasteiger partial charge on any atom is -0.430 e. The van der Waals surface area contributed by atoms with Crippen LogP contribution in [0.4, 0.5) is 4.79 Å². The lowest BCUT2D eigenvalue weighted by molar-refractivity contribution is 0.0716. The van der Waals surface area contributed by atoms with Crippen molar-refractivity contribution in [3.63, 3.8) is 0 Å². The molecule has 3 heteroatoms. The second kappa shape index (κ2) is 9.01. The van der Waals surface area contributed by atoms with Gasteiger partial charge in [-0.3, -0.25) is 0 Å². The molecule has 16 heavy (non-hydrogen) atoms. The van der Waals surface area contributed by atoms with Crippen molar-refractivity contribution in [2.75, 3.05) is 13.2 Å². The third-order valence-corrected chi connectivity index (χ3v) is 1.64. The fourth-order valence-electron chi connectivity index (χ4n) is 0.929. The molecule has 0 amide bonds. The molecule has 0 fully saturated rings. The van der Waals surface area contributed by atoms with Gasteiger partial charge in [-0.05, 0) is 11.8 Å². The maximum atomic E-state index is 11.0. The zero-order chi connectivity index (χ0) is 12.4. The summed E-state index contributed by atoms with van der Waals surface area (Å²) in [7, 11) is 0. The predicted molar refractivity (Wildman–Crippen MR) is 65.3 cm³/mol. The Morgan fingerprint density at radius 2 is 1.31 bits per heavy atom. The molecule has 0 bridgehead atoms. The highest BCUT2D eigenvalue weighted by Crippen LogP contribution is 1.95. The molecule has 0 atom stereocenters. The van der Waals surface area contributed by atoms with Gasteiger partial charge in [-0.15, -0.1) is 0 Å². The zero-order valence-electron chi connectivity index (χ0n) is 10.6. The molecule has 0 aromatic rings. The monoisotopic (exact) mass is 226 g/mol. The van der Waals surface area contributed by atoms with Crippen LogP contribution in [-0.2, 0) is 9.47 Å². The second-order valence-electron chi connectivity index (χ2n) is 4.22. The maximum Gasteiger partial charge on any atom is 0.508 e. The van der Waals surface area contributed by atoms with Gasteiger partial charge in [0, 0.05) is 0 Å². The van der Waals surface area contributed by atoms with Crippen LogP contribution in [0.3, 0.4) is 0 Å². The van der Waals surface area contributed by atoms with Gasteiger partial charge in [0.1, 0.15) is 13.2 Å². The van der Waals surface area contributed by atoms with Gasteiger partial charge in [0.25, 0.3) is 0 Å². The zero-order valence-corrected chi connectivity index (χ0v) is 10.6. The number of ether oxygens (including phenoxy) is 2. The summed E-state index contributed by atoms with van der Waals surface area (Å²) in [5.74, 6) is 0.933. The van der Waals surface area contributed by atoms with Crippen LogP contribution in [0, 0.1) is 11.8 Å². The molecule has 0 radical (unpaired) electrons. The van der Waals surface area contributed by atoms with E-state index < -0.39 is 6.16 Å². The minimum atomic E-state index is -0.623. The third-order valence-electron chi connectivity index (χ3n) is 1.64. The lowest BCUT2D eigenvalue weighted by Crippen LogP contribution is -2.07. The first kappa shape index (κ1) is 14.8. The summed E-state index contributed by atoms with van der Waals surface area (Å²) in [6.45, 7) is 8.78. The summed E-state index contributed by atoms with van der Waals surface area (Å²) in [4.78, 5) is 11.0. The lowest BCUT2D eigenvalue weighted by Gasteiger charge is -2.02. The van der Waals surface area contributed by atoms with Gasteiger partial charge in [0.05, 0.1) is 0 Å². The number of hydrogen-bond donors (Lipinski definition) is 0. The van der Waals surface area contributed by atoms with Gasteiger partial charge in [0.15, 0.2) is 0 Å². The highest BCUT2D eigenvalue weighted by molar-refractivity contribution is 5.60. The molecule has 0 saturated heterocycles. The van der Waals surface area contributed by atoms with Crippen LogP contribution in [0.15, 0.2) is 24.3 Å². The maximum absolute atomic E-state index is 11.0. The highest BCUT2D eigenvalue weighted by atomic mass is 16.7. The van der Waals surface area contributed by atoms with Crippen LogP contribution >= 0.6 is 0 Å². The molecule has 0 unspecified atom stereocenters. The van der Waals surface area contributed by atoms with Gasteiger partial charge < -0.3 is 9.47 Å². The molecule has 0 heterocycles. The molecule has 92 valence electrons. The van der Waals surface area contributed by atoms with Crippen molar-refractivity contribution in [1.82, 2.24) is 0 Å². The normalized spacial score (nSPS) is 11.9. The number of carbonyl (C=O) groups excluding carboxylic acids is 1. The molecule has 0 spiro atoms. The summed E-state index contributed by atoms with van der Waals surface area (Å²) < 4.78 is 9.64. The fourth-order valence-corrected chi connectivity index (χ4v) is 0.929. The first-order valence-corrected chi connectivity index (χ1v) is 5.65. The second-order valence-corrected chi connectivity index (χ2v) is 4.22. The van der Waals surface area contributed by atoms with E-state index in [0.717, 1.165) is 0 Å². The summed E-state index contributed by atoms with van der Waals surface area (Å²) in [6, 6.07) is 0. The first-order valence-electron chi connectivity index (χ1n) is 5.65. The molecule has 3 nitrogen and oxygen atoms in total. The van der Waals surface area contributed by atoms with Crippen LogP contribution in [0.2, 0.25) is 0 Å². The molecule has 0 aliphatic carbocycles. The van der Waals surface area contributed by atoms with Gasteiger partial charge in [0.2, 0.25) is 0 Å². The van der Waals surface area contributed by atoms with Crippen molar-refractivity contribution in [2.45, 2.75) is 27.7 Å². The molecule has 0 aliphatic rings. The van der Waals surface area contributed by atoms with E-state index in [2.05, 4.69) is 27.7 Å². The number of hydrogen-bond acceptors (Lipinski definition) is 3. The smallest absolute Gasteiger partial charge is 0.430 e. The first-order chi connectivity index (χ1) is 7.52. The van der Waals surface area contributed by atoms with Crippen molar-refractivity contribution in [2.24, 2.45) is 11.8 Å². The fraction of sp³-hybridized carbons (Fsp3) is 0.615. The van der Waals surface area contributed by atoms with Gasteiger partial charge in [-0.1, -0.05) is 52.0 Å². The average molecular weight is 226 g/mol. The summed E-state index contributed by atoms with van der Waals surface area (Å²) >= 11 is 0. The van der Waals surface area contributed by atoms with Gasteiger partial charge in [-0.25, -0.2) is 4.79 Å². The van der Waals surface area contributed by atoms with Crippen molar-refractivity contribution in [3.05, 3.63) is 24.3 Å². The van der Waals surface area contributed by atoms with Gasteiger partial charge >= 0.3 is 6.16 Å². The van der Waals surface area contributed by atoms with E-state index in [9.17, 15) is 4.79 Å². The Bertz CT molecular complexity index is 216. The standard InChI is InChI=1S/C13H22O3/c1-11(2)7-5-9-15-13(14)16-10-6-8-12(3)4/h5-8,11-12H,9-10H2,1-4H3. The van der Waals surface area contributed by atoms with E-state index >= 15 is 0 Å². The molecule has 0 aromatic heterocycles. The molecule has 0 aliphatic heterocycles. The SMILES string of the molecule is CC(C)C=CCOC(=O)OCC=CC(C)C. The topological polar surface area (TPSA) is 35.5 Å². The van der Waals surface area contributed by atoms with Crippen LogP contribution in [0.5, 0.6) is 0 Å². The quantitative estimate of drug-likeness (QED) is 0.513. The van der Waals surface area contributed by atoms with E-state index in [0.29, 0.717) is 11.8 Å². The largest absolute Gasteiger partial charge is 0.508 e. The molecule has 0 N–H and O–H groups in total. The Labute approximate surface area is 98.1 Å². The van der Waals surface area contributed by atoms with Crippen molar-refractivity contribution < 1.29 is 14.3 Å².